The second-order valence-corrected chi connectivity index (χ2v) is 7.67. The topological polar surface area (TPSA) is 55.4 Å². The molecule has 112 valence electrons. The quantitative estimate of drug-likeness (QED) is 0.835. The summed E-state index contributed by atoms with van der Waals surface area (Å²) >= 11 is 3.32. The van der Waals surface area contributed by atoms with Crippen LogP contribution in [0.15, 0.2) is 27.6 Å². The van der Waals surface area contributed by atoms with Crippen molar-refractivity contribution in [2.45, 2.75) is 49.5 Å². The van der Waals surface area contributed by atoms with Gasteiger partial charge in [-0.3, -0.25) is 0 Å². The van der Waals surface area contributed by atoms with Crippen LogP contribution < -0.4 is 9.46 Å². The van der Waals surface area contributed by atoms with E-state index in [9.17, 15) is 8.42 Å². The molecule has 1 aromatic carbocycles. The smallest absolute Gasteiger partial charge is 0.240 e. The zero-order chi connectivity index (χ0) is 14.6. The van der Waals surface area contributed by atoms with Gasteiger partial charge in [-0.25, -0.2) is 13.1 Å². The van der Waals surface area contributed by atoms with Gasteiger partial charge in [-0.15, -0.1) is 0 Å². The first-order chi connectivity index (χ1) is 9.53. The lowest BCUT2D eigenvalue weighted by Gasteiger charge is -2.16. The van der Waals surface area contributed by atoms with Gasteiger partial charge in [0.05, 0.1) is 16.5 Å². The first-order valence-electron chi connectivity index (χ1n) is 6.89. The molecule has 6 heteroatoms. The monoisotopic (exact) mass is 361 g/mol. The lowest BCUT2D eigenvalue weighted by molar-refractivity contribution is 0.411. The molecule has 1 saturated carbocycles. The van der Waals surface area contributed by atoms with Crippen LogP contribution in [0.25, 0.3) is 0 Å². The summed E-state index contributed by atoms with van der Waals surface area (Å²) in [6.45, 7) is 0. The van der Waals surface area contributed by atoms with Crippen molar-refractivity contribution in [3.05, 3.63) is 22.7 Å². The zero-order valence-corrected chi connectivity index (χ0v) is 14.0. The highest BCUT2D eigenvalue weighted by atomic mass is 79.9. The molecule has 0 saturated heterocycles. The number of halogens is 1. The number of nitrogens with one attached hydrogen (secondary N) is 1. The Morgan fingerprint density at radius 3 is 2.40 bits per heavy atom. The van der Waals surface area contributed by atoms with E-state index in [4.69, 9.17) is 4.74 Å². The SMILES string of the molecule is COc1ccc(S(=O)(=O)NC2CCCCCC2)cc1Br. The molecule has 0 unspecified atom stereocenters. The van der Waals surface area contributed by atoms with E-state index in [0.717, 1.165) is 25.7 Å². The fraction of sp³-hybridized carbons (Fsp3) is 0.571. The minimum Gasteiger partial charge on any atom is -0.496 e. The largest absolute Gasteiger partial charge is 0.496 e. The van der Waals surface area contributed by atoms with Crippen LogP contribution in [0.5, 0.6) is 5.75 Å². The summed E-state index contributed by atoms with van der Waals surface area (Å²) < 4.78 is 33.4. The molecule has 20 heavy (non-hydrogen) atoms. The van der Waals surface area contributed by atoms with Gasteiger partial charge in [0.2, 0.25) is 10.0 Å². The second-order valence-electron chi connectivity index (χ2n) is 5.11. The maximum Gasteiger partial charge on any atom is 0.240 e. The van der Waals surface area contributed by atoms with E-state index in [1.165, 1.54) is 12.8 Å². The summed E-state index contributed by atoms with van der Waals surface area (Å²) in [5.41, 5.74) is 0. The molecule has 0 aromatic heterocycles. The maximum atomic E-state index is 12.4. The molecule has 0 aliphatic heterocycles. The minimum absolute atomic E-state index is 0.0587. The highest BCUT2D eigenvalue weighted by Gasteiger charge is 2.21. The van der Waals surface area contributed by atoms with Crippen molar-refractivity contribution in [3.63, 3.8) is 0 Å². The second kappa shape index (κ2) is 6.91. The summed E-state index contributed by atoms with van der Waals surface area (Å²) in [6.07, 6.45) is 6.45. The Balaban J connectivity index is 2.15. The molecule has 4 nitrogen and oxygen atoms in total. The summed E-state index contributed by atoms with van der Waals surface area (Å²) in [7, 11) is -1.91. The molecule has 0 atom stereocenters. The molecule has 0 bridgehead atoms. The number of hydrogen-bond acceptors (Lipinski definition) is 3. The Hall–Kier alpha value is -0.590. The molecule has 0 amide bonds. The normalized spacial score (nSPS) is 17.7. The van der Waals surface area contributed by atoms with Crippen molar-refractivity contribution in [3.8, 4) is 5.75 Å². The third kappa shape index (κ3) is 3.96. The van der Waals surface area contributed by atoms with Gasteiger partial charge in [-0.1, -0.05) is 25.7 Å². The molecule has 1 aliphatic rings. The third-order valence-corrected chi connectivity index (χ3v) is 5.75. The van der Waals surface area contributed by atoms with E-state index >= 15 is 0 Å². The lowest BCUT2D eigenvalue weighted by Crippen LogP contribution is -2.34. The standard InChI is InChI=1S/C14H20BrNO3S/c1-19-14-9-8-12(10-13(14)15)20(17,18)16-11-6-4-2-3-5-7-11/h8-11,16H,2-7H2,1H3. The zero-order valence-electron chi connectivity index (χ0n) is 11.6. The third-order valence-electron chi connectivity index (χ3n) is 3.61. The molecule has 1 fully saturated rings. The van der Waals surface area contributed by atoms with Crippen LogP contribution in [0.4, 0.5) is 0 Å². The number of hydrogen-bond donors (Lipinski definition) is 1. The summed E-state index contributed by atoms with van der Waals surface area (Å²) in [5, 5.41) is 0. The summed E-state index contributed by atoms with van der Waals surface area (Å²) in [6, 6.07) is 4.87. The van der Waals surface area contributed by atoms with Crippen molar-refractivity contribution in [1.29, 1.82) is 0 Å². The number of benzene rings is 1. The van der Waals surface area contributed by atoms with E-state index < -0.39 is 10.0 Å². The summed E-state index contributed by atoms with van der Waals surface area (Å²) in [5.74, 6) is 0.624. The van der Waals surface area contributed by atoms with Crippen LogP contribution in [0.1, 0.15) is 38.5 Å². The maximum absolute atomic E-state index is 12.4. The van der Waals surface area contributed by atoms with Gasteiger partial charge in [0, 0.05) is 6.04 Å². The molecule has 0 heterocycles. The molecular formula is C14H20BrNO3S. The fourth-order valence-corrected chi connectivity index (χ4v) is 4.52. The Bertz CT molecular complexity index is 552. The number of rotatable bonds is 4. The van der Waals surface area contributed by atoms with Crippen molar-refractivity contribution in [1.82, 2.24) is 4.72 Å². The van der Waals surface area contributed by atoms with Crippen molar-refractivity contribution >= 4 is 26.0 Å². The van der Waals surface area contributed by atoms with E-state index in [1.807, 2.05) is 0 Å². The highest BCUT2D eigenvalue weighted by molar-refractivity contribution is 9.10. The van der Waals surface area contributed by atoms with Crippen LogP contribution in [-0.2, 0) is 10.0 Å². The van der Waals surface area contributed by atoms with Crippen molar-refractivity contribution in [2.24, 2.45) is 0 Å². The number of methoxy groups -OCH3 is 1. The van der Waals surface area contributed by atoms with Crippen molar-refractivity contribution in [2.75, 3.05) is 7.11 Å². The average Bonchev–Trinajstić information content (AvgIpc) is 2.66. The van der Waals surface area contributed by atoms with E-state index in [-0.39, 0.29) is 10.9 Å². The molecule has 1 N–H and O–H groups in total. The molecule has 2 rings (SSSR count). The van der Waals surface area contributed by atoms with Gasteiger partial charge >= 0.3 is 0 Å². The number of sulfonamides is 1. The first kappa shape index (κ1) is 15.8. The lowest BCUT2D eigenvalue weighted by atomic mass is 10.1. The van der Waals surface area contributed by atoms with E-state index in [0.29, 0.717) is 10.2 Å². The highest BCUT2D eigenvalue weighted by Crippen LogP contribution is 2.28. The Labute approximate surface area is 129 Å². The van der Waals surface area contributed by atoms with Gasteiger partial charge in [-0.05, 0) is 47.0 Å². The molecule has 0 radical (unpaired) electrons. The summed E-state index contributed by atoms with van der Waals surface area (Å²) in [4.78, 5) is 0.273. The molecular weight excluding hydrogens is 342 g/mol. The fourth-order valence-electron chi connectivity index (χ4n) is 2.50. The first-order valence-corrected chi connectivity index (χ1v) is 9.16. The predicted octanol–water partition coefficient (Wildman–Crippen LogP) is 3.46. The Morgan fingerprint density at radius 1 is 1.20 bits per heavy atom. The predicted molar refractivity (Wildman–Crippen MR) is 82.5 cm³/mol. The van der Waals surface area contributed by atoms with Crippen LogP contribution in [0, 0.1) is 0 Å². The van der Waals surface area contributed by atoms with Crippen LogP contribution >= 0.6 is 15.9 Å². The van der Waals surface area contributed by atoms with Gasteiger partial charge in [0.15, 0.2) is 0 Å². The molecule has 0 spiro atoms. The minimum atomic E-state index is -3.46. The van der Waals surface area contributed by atoms with Gasteiger partial charge < -0.3 is 4.74 Å². The average molecular weight is 362 g/mol. The Morgan fingerprint density at radius 2 is 1.85 bits per heavy atom. The number of ether oxygens (including phenoxy) is 1. The molecule has 1 aromatic rings. The van der Waals surface area contributed by atoms with Crippen LogP contribution in [0.3, 0.4) is 0 Å². The molecule has 1 aliphatic carbocycles. The van der Waals surface area contributed by atoms with Crippen LogP contribution in [-0.4, -0.2) is 21.6 Å². The Kier molecular flexibility index (Phi) is 5.46. The van der Waals surface area contributed by atoms with Gasteiger partial charge in [0.1, 0.15) is 5.75 Å². The van der Waals surface area contributed by atoms with E-state index in [1.54, 1.807) is 25.3 Å². The van der Waals surface area contributed by atoms with Crippen molar-refractivity contribution < 1.29 is 13.2 Å². The van der Waals surface area contributed by atoms with E-state index in [2.05, 4.69) is 20.7 Å². The van der Waals surface area contributed by atoms with Crippen LogP contribution in [0.2, 0.25) is 0 Å². The van der Waals surface area contributed by atoms with Gasteiger partial charge in [-0.2, -0.15) is 0 Å². The van der Waals surface area contributed by atoms with Gasteiger partial charge in [0.25, 0.3) is 0 Å².